The molecule has 9 heteroatoms. The first kappa shape index (κ1) is 19.7. The molecule has 0 aliphatic carbocycles. The molecule has 0 aromatic heterocycles. The van der Waals surface area contributed by atoms with Gasteiger partial charge in [-0.2, -0.15) is 0 Å². The van der Waals surface area contributed by atoms with Crippen molar-refractivity contribution in [3.63, 3.8) is 0 Å². The van der Waals surface area contributed by atoms with Crippen LogP contribution in [0.3, 0.4) is 0 Å². The van der Waals surface area contributed by atoms with Crippen LogP contribution in [0, 0.1) is 19.3 Å². The number of nitrogens with one attached hydrogen (secondary N) is 2. The van der Waals surface area contributed by atoms with Gasteiger partial charge in [0.1, 0.15) is 6.04 Å². The summed E-state index contributed by atoms with van der Waals surface area (Å²) in [5, 5.41) is 4.49. The number of carbonyl (C=O) groups excluding carboxylic acids is 5. The second-order valence-electron chi connectivity index (χ2n) is 5.69. The van der Waals surface area contributed by atoms with E-state index in [1.807, 2.05) is 0 Å². The fourth-order valence-electron chi connectivity index (χ4n) is 2.65. The van der Waals surface area contributed by atoms with Crippen molar-refractivity contribution in [3.8, 4) is 12.3 Å². The maximum absolute atomic E-state index is 12.9. The normalized spacial score (nSPS) is 15.9. The summed E-state index contributed by atoms with van der Waals surface area (Å²) in [7, 11) is 0. The van der Waals surface area contributed by atoms with Crippen molar-refractivity contribution in [2.75, 3.05) is 11.9 Å². The number of piperidine rings is 1. The van der Waals surface area contributed by atoms with E-state index in [0.29, 0.717) is 10.5 Å². The largest absolute Gasteiger partial charge is 0.436 e. The summed E-state index contributed by atoms with van der Waals surface area (Å²) in [4.78, 5) is 60.3. The summed E-state index contributed by atoms with van der Waals surface area (Å²) in [6.45, 7) is 1.36. The van der Waals surface area contributed by atoms with Gasteiger partial charge in [0.15, 0.2) is 6.61 Å². The van der Waals surface area contributed by atoms with Gasteiger partial charge in [-0.1, -0.05) is 18.1 Å². The van der Waals surface area contributed by atoms with E-state index in [0.717, 1.165) is 0 Å². The Balaban J connectivity index is 2.32. The van der Waals surface area contributed by atoms with Gasteiger partial charge < -0.3 is 4.74 Å². The third-order valence-electron chi connectivity index (χ3n) is 3.90. The molecule has 0 spiro atoms. The molecule has 1 aromatic rings. The Morgan fingerprint density at radius 2 is 2.19 bits per heavy atom. The van der Waals surface area contributed by atoms with E-state index < -0.39 is 29.9 Å². The second-order valence-corrected chi connectivity index (χ2v) is 5.69. The van der Waals surface area contributed by atoms with E-state index in [1.165, 1.54) is 6.07 Å². The average Bonchev–Trinajstić information content (AvgIpc) is 2.62. The molecule has 1 fully saturated rings. The molecular weight excluding hydrogens is 354 g/mol. The molecular formula is C18H17N3O6. The molecule has 2 N–H and O–H groups in total. The predicted octanol–water partition coefficient (Wildman–Crippen LogP) is 0.581. The Hall–Kier alpha value is -3.67. The fraction of sp³-hybridized carbons (Fsp3) is 0.278. The zero-order valence-corrected chi connectivity index (χ0v) is 14.5. The number of benzene rings is 1. The summed E-state index contributed by atoms with van der Waals surface area (Å²) in [6.07, 6.45) is 4.41. The lowest BCUT2D eigenvalue weighted by atomic mass is 10.0. The lowest BCUT2D eigenvalue weighted by molar-refractivity contribution is -0.139. The Morgan fingerprint density at radius 3 is 2.81 bits per heavy atom. The lowest BCUT2D eigenvalue weighted by Crippen LogP contribution is -2.54. The molecule has 1 aliphatic heterocycles. The standard InChI is InChI=1S/C18H17N3O6/c1-3-9-27-18(26)19-12-6-4-5-11(2)15(12)17(25)21(10-22)13-7-8-14(23)20-16(13)24/h1,4-6,10,13H,7-9H2,2H3,(H,19,26)(H,20,23,24). The number of carbonyl (C=O) groups is 5. The summed E-state index contributed by atoms with van der Waals surface area (Å²) < 4.78 is 4.72. The first-order chi connectivity index (χ1) is 12.9. The number of aryl methyl sites for hydroxylation is 1. The molecule has 9 nitrogen and oxygen atoms in total. The number of ether oxygens (including phenoxy) is 1. The molecule has 1 aliphatic rings. The van der Waals surface area contributed by atoms with Crippen molar-refractivity contribution in [1.29, 1.82) is 0 Å². The highest BCUT2D eigenvalue weighted by Gasteiger charge is 2.36. The topological polar surface area (TPSA) is 122 Å². The van der Waals surface area contributed by atoms with E-state index in [1.54, 1.807) is 19.1 Å². The van der Waals surface area contributed by atoms with Crippen LogP contribution in [0.1, 0.15) is 28.8 Å². The third kappa shape index (κ3) is 4.49. The van der Waals surface area contributed by atoms with Crippen LogP contribution in [-0.2, 0) is 19.1 Å². The van der Waals surface area contributed by atoms with Crippen molar-refractivity contribution in [2.45, 2.75) is 25.8 Å². The molecule has 0 saturated carbocycles. The molecule has 1 saturated heterocycles. The Kier molecular flexibility index (Phi) is 6.27. The molecule has 27 heavy (non-hydrogen) atoms. The highest BCUT2D eigenvalue weighted by Crippen LogP contribution is 2.24. The van der Waals surface area contributed by atoms with Crippen molar-refractivity contribution in [2.24, 2.45) is 0 Å². The molecule has 5 amide bonds. The third-order valence-corrected chi connectivity index (χ3v) is 3.90. The van der Waals surface area contributed by atoms with Crippen LogP contribution in [0.5, 0.6) is 0 Å². The predicted molar refractivity (Wildman–Crippen MR) is 93.4 cm³/mol. The minimum Gasteiger partial charge on any atom is -0.436 e. The van der Waals surface area contributed by atoms with E-state index in [4.69, 9.17) is 11.2 Å². The molecule has 140 valence electrons. The summed E-state index contributed by atoms with van der Waals surface area (Å²) in [6, 6.07) is 3.54. The number of rotatable bonds is 5. The van der Waals surface area contributed by atoms with Crippen LogP contribution in [-0.4, -0.2) is 47.8 Å². The first-order valence-electron chi connectivity index (χ1n) is 7.97. The van der Waals surface area contributed by atoms with E-state index in [2.05, 4.69) is 16.6 Å². The molecule has 2 rings (SSSR count). The van der Waals surface area contributed by atoms with Crippen molar-refractivity contribution in [1.82, 2.24) is 10.2 Å². The van der Waals surface area contributed by atoms with Crippen LogP contribution in [0.25, 0.3) is 0 Å². The van der Waals surface area contributed by atoms with Crippen molar-refractivity contribution < 1.29 is 28.7 Å². The van der Waals surface area contributed by atoms with Gasteiger partial charge in [-0.05, 0) is 25.0 Å². The van der Waals surface area contributed by atoms with E-state index in [-0.39, 0.29) is 37.1 Å². The maximum Gasteiger partial charge on any atom is 0.412 e. The summed E-state index contributed by atoms with van der Waals surface area (Å²) in [5.74, 6) is 0.147. The monoisotopic (exact) mass is 371 g/mol. The van der Waals surface area contributed by atoms with Gasteiger partial charge in [0, 0.05) is 6.42 Å². The Labute approximate surface area is 155 Å². The van der Waals surface area contributed by atoms with Crippen LogP contribution >= 0.6 is 0 Å². The van der Waals surface area contributed by atoms with Gasteiger partial charge in [0.2, 0.25) is 18.2 Å². The SMILES string of the molecule is C#CCOC(=O)Nc1cccc(C)c1C(=O)N(C=O)C1CCC(=O)NC1=O. The van der Waals surface area contributed by atoms with E-state index in [9.17, 15) is 24.0 Å². The molecule has 1 atom stereocenters. The second kappa shape index (κ2) is 8.62. The zero-order valence-electron chi connectivity index (χ0n) is 14.5. The Bertz CT molecular complexity index is 842. The molecule has 0 bridgehead atoms. The number of hydrogen-bond acceptors (Lipinski definition) is 6. The van der Waals surface area contributed by atoms with E-state index >= 15 is 0 Å². The molecule has 1 aromatic carbocycles. The average molecular weight is 371 g/mol. The van der Waals surface area contributed by atoms with Gasteiger partial charge in [-0.3, -0.25) is 34.7 Å². The zero-order chi connectivity index (χ0) is 20.0. The van der Waals surface area contributed by atoms with Gasteiger partial charge >= 0.3 is 6.09 Å². The number of nitrogens with zero attached hydrogens (tertiary/aromatic N) is 1. The number of terminal acetylenes is 1. The highest BCUT2D eigenvalue weighted by atomic mass is 16.5. The number of anilines is 1. The summed E-state index contributed by atoms with van der Waals surface area (Å²) >= 11 is 0. The molecule has 1 unspecified atom stereocenters. The Morgan fingerprint density at radius 1 is 1.44 bits per heavy atom. The minimum absolute atomic E-state index is 0.00528. The first-order valence-corrected chi connectivity index (χ1v) is 7.97. The number of amides is 5. The summed E-state index contributed by atoms with van der Waals surface area (Å²) in [5.41, 5.74) is 0.585. The highest BCUT2D eigenvalue weighted by molar-refractivity contribution is 6.10. The van der Waals surface area contributed by atoms with Crippen LogP contribution in [0.15, 0.2) is 18.2 Å². The quantitative estimate of drug-likeness (QED) is 0.444. The lowest BCUT2D eigenvalue weighted by Gasteiger charge is -2.29. The molecule has 1 heterocycles. The fourth-order valence-corrected chi connectivity index (χ4v) is 2.65. The smallest absolute Gasteiger partial charge is 0.412 e. The number of imide groups is 2. The van der Waals surface area contributed by atoms with Crippen LogP contribution in [0.4, 0.5) is 10.5 Å². The van der Waals surface area contributed by atoms with Gasteiger partial charge in [-0.15, -0.1) is 6.42 Å². The molecule has 0 radical (unpaired) electrons. The minimum atomic E-state index is -1.12. The number of hydrogen-bond donors (Lipinski definition) is 2. The van der Waals surface area contributed by atoms with Crippen molar-refractivity contribution >= 4 is 35.9 Å². The van der Waals surface area contributed by atoms with Gasteiger partial charge in [0.05, 0.1) is 11.3 Å². The maximum atomic E-state index is 12.9. The van der Waals surface area contributed by atoms with Crippen molar-refractivity contribution in [3.05, 3.63) is 29.3 Å². The van der Waals surface area contributed by atoms with Gasteiger partial charge in [-0.25, -0.2) is 4.79 Å². The van der Waals surface area contributed by atoms with Crippen LogP contribution in [0.2, 0.25) is 0 Å². The van der Waals surface area contributed by atoms with Crippen LogP contribution < -0.4 is 10.6 Å². The van der Waals surface area contributed by atoms with Gasteiger partial charge in [0.25, 0.3) is 5.91 Å².